The molecule has 0 bridgehead atoms. The fourth-order valence-electron chi connectivity index (χ4n) is 2.10. The molecule has 2 atom stereocenters. The van der Waals surface area contributed by atoms with Gasteiger partial charge >= 0.3 is 0 Å². The van der Waals surface area contributed by atoms with Gasteiger partial charge in [-0.05, 0) is 31.0 Å². The topological polar surface area (TPSA) is 51.2 Å². The van der Waals surface area contributed by atoms with Crippen molar-refractivity contribution in [2.75, 3.05) is 0 Å². The number of benzene rings is 1. The highest BCUT2D eigenvalue weighted by atomic mass is 16.3. The molecule has 0 fully saturated rings. The molecule has 0 radical (unpaired) electrons. The van der Waals surface area contributed by atoms with E-state index in [1.165, 1.54) is 5.56 Å². The highest BCUT2D eigenvalue weighted by Gasteiger charge is 2.20. The minimum Gasteiger partial charge on any atom is -0.459 e. The van der Waals surface area contributed by atoms with Gasteiger partial charge in [0.2, 0.25) is 0 Å². The van der Waals surface area contributed by atoms with Gasteiger partial charge in [0.15, 0.2) is 0 Å². The summed E-state index contributed by atoms with van der Waals surface area (Å²) in [6.07, 6.45) is 1.06. The van der Waals surface area contributed by atoms with Crippen molar-refractivity contribution in [2.24, 2.45) is 11.8 Å². The van der Waals surface area contributed by atoms with Crippen molar-refractivity contribution in [2.45, 2.75) is 33.2 Å². The van der Waals surface area contributed by atoms with Crippen LogP contribution in [0.3, 0.4) is 0 Å². The van der Waals surface area contributed by atoms with Crippen LogP contribution in [-0.4, -0.2) is 0 Å². The summed E-state index contributed by atoms with van der Waals surface area (Å²) in [5.74, 6) is 6.99. The zero-order valence-corrected chi connectivity index (χ0v) is 10.7. The van der Waals surface area contributed by atoms with E-state index < -0.39 is 0 Å². The average Bonchev–Trinajstić information content (AvgIpc) is 2.72. The Morgan fingerprint density at radius 1 is 1.35 bits per heavy atom. The molecule has 0 saturated carbocycles. The Bertz CT molecular complexity index is 504. The smallest absolute Gasteiger partial charge is 0.134 e. The second-order valence-electron chi connectivity index (χ2n) is 4.72. The van der Waals surface area contributed by atoms with Crippen LogP contribution < -0.4 is 11.3 Å². The van der Waals surface area contributed by atoms with Crippen LogP contribution in [0.2, 0.25) is 0 Å². The number of aryl methyl sites for hydroxylation is 1. The molecule has 3 nitrogen and oxygen atoms in total. The van der Waals surface area contributed by atoms with Crippen LogP contribution in [0.15, 0.2) is 28.7 Å². The summed E-state index contributed by atoms with van der Waals surface area (Å²) in [6, 6.07) is 8.36. The van der Waals surface area contributed by atoms with E-state index in [-0.39, 0.29) is 6.04 Å². The Morgan fingerprint density at radius 2 is 2.12 bits per heavy atom. The molecule has 0 spiro atoms. The standard InChI is InChI=1S/C14H20N2O/c1-4-10(3)14(16-15)13-8-11-7-9(2)5-6-12(11)17-13/h5-8,10,14,16H,4,15H2,1-3H3. The third-order valence-electron chi connectivity index (χ3n) is 3.39. The van der Waals surface area contributed by atoms with Crippen LogP contribution in [0, 0.1) is 12.8 Å². The second kappa shape index (κ2) is 4.90. The molecule has 1 aromatic carbocycles. The van der Waals surface area contributed by atoms with Crippen LogP contribution in [0.4, 0.5) is 0 Å². The molecule has 17 heavy (non-hydrogen) atoms. The number of rotatable bonds is 4. The molecule has 3 heteroatoms. The summed E-state index contributed by atoms with van der Waals surface area (Å²) in [5, 5.41) is 1.14. The number of nitrogens with two attached hydrogens (primary N) is 1. The first-order chi connectivity index (χ1) is 8.15. The van der Waals surface area contributed by atoms with Gasteiger partial charge in [0.05, 0.1) is 6.04 Å². The lowest BCUT2D eigenvalue weighted by Crippen LogP contribution is -2.32. The number of fused-ring (bicyclic) bond motifs is 1. The summed E-state index contributed by atoms with van der Waals surface area (Å²) in [4.78, 5) is 0. The van der Waals surface area contributed by atoms with Crippen molar-refractivity contribution in [3.05, 3.63) is 35.6 Å². The molecule has 0 amide bonds. The molecule has 2 rings (SSSR count). The molecular formula is C14H20N2O. The van der Waals surface area contributed by atoms with Gasteiger partial charge in [0, 0.05) is 5.39 Å². The Morgan fingerprint density at radius 3 is 2.76 bits per heavy atom. The lowest BCUT2D eigenvalue weighted by atomic mass is 9.97. The first-order valence-electron chi connectivity index (χ1n) is 6.12. The highest BCUT2D eigenvalue weighted by Crippen LogP contribution is 2.29. The monoisotopic (exact) mass is 232 g/mol. The summed E-state index contributed by atoms with van der Waals surface area (Å²) >= 11 is 0. The molecule has 3 N–H and O–H groups in total. The average molecular weight is 232 g/mol. The van der Waals surface area contributed by atoms with Crippen molar-refractivity contribution in [1.29, 1.82) is 0 Å². The lowest BCUT2D eigenvalue weighted by molar-refractivity contribution is 0.330. The molecule has 0 aliphatic rings. The molecule has 2 aromatic rings. The summed E-state index contributed by atoms with van der Waals surface area (Å²) in [7, 11) is 0. The van der Waals surface area contributed by atoms with E-state index in [9.17, 15) is 0 Å². The van der Waals surface area contributed by atoms with E-state index >= 15 is 0 Å². The fourth-order valence-corrected chi connectivity index (χ4v) is 2.10. The fraction of sp³-hybridized carbons (Fsp3) is 0.429. The molecule has 1 heterocycles. The maximum Gasteiger partial charge on any atom is 0.134 e. The van der Waals surface area contributed by atoms with E-state index in [1.807, 2.05) is 6.07 Å². The van der Waals surface area contributed by atoms with E-state index in [1.54, 1.807) is 0 Å². The van der Waals surface area contributed by atoms with Gasteiger partial charge in [-0.1, -0.05) is 31.9 Å². The SMILES string of the molecule is CCC(C)C(NN)c1cc2cc(C)ccc2o1. The molecule has 0 aliphatic carbocycles. The normalized spacial score (nSPS) is 15.1. The Kier molecular flexibility index (Phi) is 3.50. The summed E-state index contributed by atoms with van der Waals surface area (Å²) in [6.45, 7) is 6.41. The Balaban J connectivity index is 2.41. The lowest BCUT2D eigenvalue weighted by Gasteiger charge is -2.19. The third kappa shape index (κ3) is 2.35. The predicted molar refractivity (Wildman–Crippen MR) is 70.5 cm³/mol. The van der Waals surface area contributed by atoms with Crippen LogP contribution >= 0.6 is 0 Å². The quantitative estimate of drug-likeness (QED) is 0.628. The van der Waals surface area contributed by atoms with Gasteiger partial charge in [-0.3, -0.25) is 5.84 Å². The van der Waals surface area contributed by atoms with Gasteiger partial charge in [-0.25, -0.2) is 5.43 Å². The Hall–Kier alpha value is -1.32. The van der Waals surface area contributed by atoms with Gasteiger partial charge in [0.1, 0.15) is 11.3 Å². The van der Waals surface area contributed by atoms with Gasteiger partial charge < -0.3 is 4.42 Å². The van der Waals surface area contributed by atoms with Crippen molar-refractivity contribution in [3.63, 3.8) is 0 Å². The molecule has 1 aromatic heterocycles. The number of furan rings is 1. The predicted octanol–water partition coefficient (Wildman–Crippen LogP) is 3.29. The number of hydrogen-bond donors (Lipinski definition) is 2. The number of hydrogen-bond acceptors (Lipinski definition) is 3. The largest absolute Gasteiger partial charge is 0.459 e. The highest BCUT2D eigenvalue weighted by molar-refractivity contribution is 5.78. The van der Waals surface area contributed by atoms with Gasteiger partial charge in [0.25, 0.3) is 0 Å². The molecular weight excluding hydrogens is 212 g/mol. The maximum absolute atomic E-state index is 5.86. The molecule has 0 aliphatic heterocycles. The number of hydrazine groups is 1. The molecule has 92 valence electrons. The van der Waals surface area contributed by atoms with E-state index in [0.29, 0.717) is 5.92 Å². The first-order valence-corrected chi connectivity index (χ1v) is 6.12. The van der Waals surface area contributed by atoms with E-state index in [0.717, 1.165) is 23.2 Å². The van der Waals surface area contributed by atoms with Crippen LogP contribution in [0.25, 0.3) is 11.0 Å². The first kappa shape index (κ1) is 12.1. The summed E-state index contributed by atoms with van der Waals surface area (Å²) < 4.78 is 5.86. The Labute approximate surface area is 102 Å². The minimum absolute atomic E-state index is 0.0766. The number of nitrogens with one attached hydrogen (secondary N) is 1. The zero-order valence-electron chi connectivity index (χ0n) is 10.7. The van der Waals surface area contributed by atoms with Gasteiger partial charge in [-0.15, -0.1) is 0 Å². The van der Waals surface area contributed by atoms with Crippen LogP contribution in [0.5, 0.6) is 0 Å². The van der Waals surface area contributed by atoms with Crippen LogP contribution in [0.1, 0.15) is 37.6 Å². The van der Waals surface area contributed by atoms with Crippen molar-refractivity contribution >= 4 is 11.0 Å². The van der Waals surface area contributed by atoms with Crippen LogP contribution in [-0.2, 0) is 0 Å². The van der Waals surface area contributed by atoms with Gasteiger partial charge in [-0.2, -0.15) is 0 Å². The van der Waals surface area contributed by atoms with E-state index in [4.69, 9.17) is 10.3 Å². The zero-order chi connectivity index (χ0) is 12.4. The van der Waals surface area contributed by atoms with E-state index in [2.05, 4.69) is 44.4 Å². The maximum atomic E-state index is 5.86. The van der Waals surface area contributed by atoms with Crippen molar-refractivity contribution < 1.29 is 4.42 Å². The molecule has 2 unspecified atom stereocenters. The summed E-state index contributed by atoms with van der Waals surface area (Å²) in [5.41, 5.74) is 5.02. The van der Waals surface area contributed by atoms with Crippen molar-refractivity contribution in [1.82, 2.24) is 5.43 Å². The third-order valence-corrected chi connectivity index (χ3v) is 3.39. The second-order valence-corrected chi connectivity index (χ2v) is 4.72. The minimum atomic E-state index is 0.0766. The molecule has 0 saturated heterocycles. The van der Waals surface area contributed by atoms with Crippen molar-refractivity contribution in [3.8, 4) is 0 Å².